The highest BCUT2D eigenvalue weighted by molar-refractivity contribution is 6.07. The molecule has 0 aromatic heterocycles. The Morgan fingerprint density at radius 3 is 2.79 bits per heavy atom. The monoisotopic (exact) mass is 330 g/mol. The summed E-state index contributed by atoms with van der Waals surface area (Å²) in [4.78, 5) is 37.0. The molecule has 2 heterocycles. The van der Waals surface area contributed by atoms with Crippen molar-refractivity contribution >= 4 is 17.8 Å². The minimum Gasteiger partial charge on any atom is -0.353 e. The van der Waals surface area contributed by atoms with Crippen LogP contribution in [0.5, 0.6) is 0 Å². The number of imide groups is 1. The lowest BCUT2D eigenvalue weighted by Crippen LogP contribution is -2.49. The van der Waals surface area contributed by atoms with E-state index in [2.05, 4.69) is 28.1 Å². The molecule has 1 fully saturated rings. The van der Waals surface area contributed by atoms with Crippen molar-refractivity contribution in [3.8, 4) is 0 Å². The number of rotatable bonds is 4. The topological polar surface area (TPSA) is 90.5 Å². The molecule has 2 aliphatic rings. The Hall–Kier alpha value is -2.41. The predicted molar refractivity (Wildman–Crippen MR) is 88.2 cm³/mol. The zero-order valence-electron chi connectivity index (χ0n) is 13.9. The van der Waals surface area contributed by atoms with E-state index in [9.17, 15) is 14.4 Å². The van der Waals surface area contributed by atoms with Crippen molar-refractivity contribution in [2.24, 2.45) is 0 Å². The van der Waals surface area contributed by atoms with Crippen LogP contribution < -0.4 is 16.0 Å². The average molecular weight is 330 g/mol. The molecule has 1 atom stereocenters. The number of benzene rings is 1. The fourth-order valence-corrected chi connectivity index (χ4v) is 3.15. The lowest BCUT2D eigenvalue weighted by molar-refractivity contribution is -0.127. The van der Waals surface area contributed by atoms with E-state index in [-0.39, 0.29) is 24.4 Å². The molecule has 7 heteroatoms. The van der Waals surface area contributed by atoms with Crippen molar-refractivity contribution in [2.45, 2.75) is 31.8 Å². The number of nitrogens with one attached hydrogen (secondary N) is 3. The minimum absolute atomic E-state index is 0.0564. The second-order valence-corrected chi connectivity index (χ2v) is 6.66. The molecule has 1 saturated heterocycles. The Balaban J connectivity index is 1.59. The van der Waals surface area contributed by atoms with Gasteiger partial charge in [0, 0.05) is 12.6 Å². The van der Waals surface area contributed by atoms with Crippen LogP contribution in [-0.2, 0) is 16.0 Å². The lowest BCUT2D eigenvalue weighted by atomic mass is 9.94. The van der Waals surface area contributed by atoms with Crippen molar-refractivity contribution in [2.75, 3.05) is 19.6 Å². The minimum atomic E-state index is -1.01. The number of amides is 4. The number of urea groups is 1. The van der Waals surface area contributed by atoms with Crippen molar-refractivity contribution < 1.29 is 14.4 Å². The highest BCUT2D eigenvalue weighted by Gasteiger charge is 2.46. The maximum absolute atomic E-state index is 12.2. The quantitative estimate of drug-likeness (QED) is 0.694. The smallest absolute Gasteiger partial charge is 0.325 e. The molecular weight excluding hydrogens is 308 g/mol. The molecule has 0 radical (unpaired) electrons. The molecule has 4 amide bonds. The third kappa shape index (κ3) is 2.99. The SMILES string of the molecule is CC1(C)C(=O)NC(=O)N1CC(=O)NCC1NCCc2ccccc21. The van der Waals surface area contributed by atoms with Crippen LogP contribution in [-0.4, -0.2) is 47.9 Å². The van der Waals surface area contributed by atoms with Crippen LogP contribution in [0, 0.1) is 0 Å². The van der Waals surface area contributed by atoms with Gasteiger partial charge in [-0.15, -0.1) is 0 Å². The summed E-state index contributed by atoms with van der Waals surface area (Å²) in [5, 5.41) is 8.49. The van der Waals surface area contributed by atoms with Gasteiger partial charge in [-0.3, -0.25) is 14.9 Å². The largest absolute Gasteiger partial charge is 0.353 e. The summed E-state index contributed by atoms with van der Waals surface area (Å²) < 4.78 is 0. The highest BCUT2D eigenvalue weighted by atomic mass is 16.2. The number of hydrogen-bond acceptors (Lipinski definition) is 4. The third-order valence-electron chi connectivity index (χ3n) is 4.72. The van der Waals surface area contributed by atoms with Crippen LogP contribution >= 0.6 is 0 Å². The van der Waals surface area contributed by atoms with E-state index in [1.807, 2.05) is 12.1 Å². The van der Waals surface area contributed by atoms with Crippen molar-refractivity contribution in [3.05, 3.63) is 35.4 Å². The number of carbonyl (C=O) groups excluding carboxylic acids is 3. The fourth-order valence-electron chi connectivity index (χ4n) is 3.15. The molecule has 2 aliphatic heterocycles. The molecule has 0 spiro atoms. The van der Waals surface area contributed by atoms with Gasteiger partial charge in [-0.1, -0.05) is 24.3 Å². The third-order valence-corrected chi connectivity index (χ3v) is 4.72. The van der Waals surface area contributed by atoms with Gasteiger partial charge in [-0.25, -0.2) is 4.79 Å². The first-order valence-corrected chi connectivity index (χ1v) is 8.10. The van der Waals surface area contributed by atoms with Crippen LogP contribution in [0.15, 0.2) is 24.3 Å². The summed E-state index contributed by atoms with van der Waals surface area (Å²) in [6, 6.07) is 7.71. The summed E-state index contributed by atoms with van der Waals surface area (Å²) in [7, 11) is 0. The number of fused-ring (bicyclic) bond motifs is 1. The maximum Gasteiger partial charge on any atom is 0.325 e. The van der Waals surface area contributed by atoms with Gasteiger partial charge in [0.05, 0.1) is 0 Å². The van der Waals surface area contributed by atoms with Gasteiger partial charge in [-0.05, 0) is 37.9 Å². The molecule has 128 valence electrons. The second-order valence-electron chi connectivity index (χ2n) is 6.66. The molecule has 1 unspecified atom stereocenters. The van der Waals surface area contributed by atoms with E-state index >= 15 is 0 Å². The molecule has 0 aliphatic carbocycles. The standard InChI is InChI=1S/C17H22N4O3/c1-17(2)15(23)20-16(24)21(17)10-14(22)19-9-13-12-6-4-3-5-11(12)7-8-18-13/h3-6,13,18H,7-10H2,1-2H3,(H,19,22)(H,20,23,24). The molecule has 0 saturated carbocycles. The van der Waals surface area contributed by atoms with E-state index in [0.717, 1.165) is 13.0 Å². The summed E-state index contributed by atoms with van der Waals surface area (Å²) >= 11 is 0. The van der Waals surface area contributed by atoms with Crippen molar-refractivity contribution in [1.29, 1.82) is 0 Å². The molecule has 24 heavy (non-hydrogen) atoms. The van der Waals surface area contributed by atoms with Gasteiger partial charge in [0.25, 0.3) is 5.91 Å². The summed E-state index contributed by atoms with van der Waals surface area (Å²) in [6.07, 6.45) is 0.977. The molecule has 7 nitrogen and oxygen atoms in total. The van der Waals surface area contributed by atoms with E-state index in [4.69, 9.17) is 0 Å². The number of hydrogen-bond donors (Lipinski definition) is 3. The van der Waals surface area contributed by atoms with Crippen LogP contribution in [0.3, 0.4) is 0 Å². The first-order chi connectivity index (χ1) is 11.4. The van der Waals surface area contributed by atoms with Gasteiger partial charge in [-0.2, -0.15) is 0 Å². The van der Waals surface area contributed by atoms with Gasteiger partial charge in [0.15, 0.2) is 0 Å². The number of nitrogens with zero attached hydrogens (tertiary/aromatic N) is 1. The lowest BCUT2D eigenvalue weighted by Gasteiger charge is -2.29. The van der Waals surface area contributed by atoms with Gasteiger partial charge < -0.3 is 15.5 Å². The Labute approximate surface area is 140 Å². The summed E-state index contributed by atoms with van der Waals surface area (Å²) in [6.45, 7) is 4.42. The zero-order valence-corrected chi connectivity index (χ0v) is 13.9. The van der Waals surface area contributed by atoms with Crippen LogP contribution in [0.25, 0.3) is 0 Å². The zero-order chi connectivity index (χ0) is 17.3. The summed E-state index contributed by atoms with van der Waals surface area (Å²) in [5.74, 6) is -0.666. The highest BCUT2D eigenvalue weighted by Crippen LogP contribution is 2.22. The Bertz CT molecular complexity index is 686. The Morgan fingerprint density at radius 2 is 2.08 bits per heavy atom. The second kappa shape index (κ2) is 6.24. The van der Waals surface area contributed by atoms with Crippen LogP contribution in [0.4, 0.5) is 4.79 Å². The molecule has 1 aromatic carbocycles. The van der Waals surface area contributed by atoms with Gasteiger partial charge in [0.1, 0.15) is 12.1 Å². The van der Waals surface area contributed by atoms with Crippen molar-refractivity contribution in [3.63, 3.8) is 0 Å². The Kier molecular flexibility index (Phi) is 4.28. The molecular formula is C17H22N4O3. The van der Waals surface area contributed by atoms with E-state index in [1.165, 1.54) is 16.0 Å². The molecule has 1 aromatic rings. The first kappa shape index (κ1) is 16.4. The van der Waals surface area contributed by atoms with Gasteiger partial charge >= 0.3 is 6.03 Å². The molecule has 0 bridgehead atoms. The van der Waals surface area contributed by atoms with Crippen LogP contribution in [0.1, 0.15) is 31.0 Å². The fraction of sp³-hybridized carbons (Fsp3) is 0.471. The van der Waals surface area contributed by atoms with E-state index in [1.54, 1.807) is 13.8 Å². The Morgan fingerprint density at radius 1 is 1.33 bits per heavy atom. The first-order valence-electron chi connectivity index (χ1n) is 8.10. The van der Waals surface area contributed by atoms with Crippen molar-refractivity contribution in [1.82, 2.24) is 20.9 Å². The normalized spacial score (nSPS) is 22.1. The van der Waals surface area contributed by atoms with Gasteiger partial charge in [0.2, 0.25) is 5.91 Å². The molecule has 3 rings (SSSR count). The van der Waals surface area contributed by atoms with Crippen LogP contribution in [0.2, 0.25) is 0 Å². The average Bonchev–Trinajstić information content (AvgIpc) is 2.75. The van der Waals surface area contributed by atoms with E-state index in [0.29, 0.717) is 6.54 Å². The van der Waals surface area contributed by atoms with E-state index < -0.39 is 11.6 Å². The number of carbonyl (C=O) groups is 3. The maximum atomic E-state index is 12.2. The summed E-state index contributed by atoms with van der Waals surface area (Å²) in [5.41, 5.74) is 1.48. The molecule has 3 N–H and O–H groups in total. The predicted octanol–water partition coefficient (Wildman–Crippen LogP) is 0.320.